The van der Waals surface area contributed by atoms with Crippen LogP contribution in [0, 0.1) is 6.92 Å². The van der Waals surface area contributed by atoms with E-state index in [0.29, 0.717) is 24.9 Å². The zero-order valence-corrected chi connectivity index (χ0v) is 10.9. The fourth-order valence-electron chi connectivity index (χ4n) is 1.43. The average molecular weight is 241 g/mol. The summed E-state index contributed by atoms with van der Waals surface area (Å²) in [6.45, 7) is 6.07. The van der Waals surface area contributed by atoms with E-state index in [0.717, 1.165) is 5.56 Å². The van der Waals surface area contributed by atoms with E-state index >= 15 is 0 Å². The molecule has 2 N–H and O–H groups in total. The Morgan fingerprint density at radius 2 is 2.06 bits per heavy atom. The number of hydrogen-bond donors (Lipinski definition) is 2. The lowest BCUT2D eigenvalue weighted by molar-refractivity contribution is 0.0314. The fourth-order valence-corrected chi connectivity index (χ4v) is 2.26. The first kappa shape index (κ1) is 13.2. The van der Waals surface area contributed by atoms with Crippen LogP contribution < -0.4 is 5.32 Å². The number of aliphatic hydroxyl groups is 1. The zero-order chi connectivity index (χ0) is 12.2. The van der Waals surface area contributed by atoms with E-state index in [1.165, 1.54) is 11.3 Å². The maximum atomic E-state index is 11.8. The summed E-state index contributed by atoms with van der Waals surface area (Å²) in [4.78, 5) is 11.8. The van der Waals surface area contributed by atoms with Crippen LogP contribution >= 0.6 is 11.3 Å². The first-order chi connectivity index (χ1) is 7.52. The monoisotopic (exact) mass is 241 g/mol. The molecule has 0 atom stereocenters. The van der Waals surface area contributed by atoms with E-state index < -0.39 is 5.60 Å². The molecule has 0 bridgehead atoms. The van der Waals surface area contributed by atoms with Crippen LogP contribution in [-0.4, -0.2) is 23.2 Å². The first-order valence-corrected chi connectivity index (χ1v) is 6.50. The van der Waals surface area contributed by atoms with Crippen molar-refractivity contribution in [3.63, 3.8) is 0 Å². The third-order valence-electron chi connectivity index (χ3n) is 2.99. The molecule has 90 valence electrons. The Hall–Kier alpha value is -0.870. The molecule has 1 aromatic heterocycles. The lowest BCUT2D eigenvalue weighted by Gasteiger charge is -2.25. The number of rotatable bonds is 5. The van der Waals surface area contributed by atoms with Gasteiger partial charge in [0.2, 0.25) is 0 Å². The van der Waals surface area contributed by atoms with E-state index in [4.69, 9.17) is 0 Å². The Morgan fingerprint density at radius 1 is 1.44 bits per heavy atom. The van der Waals surface area contributed by atoms with E-state index in [9.17, 15) is 9.90 Å². The van der Waals surface area contributed by atoms with Gasteiger partial charge in [-0.05, 0) is 30.7 Å². The van der Waals surface area contributed by atoms with Gasteiger partial charge in [0.05, 0.1) is 11.2 Å². The standard InChI is InChI=1S/C12H19NO2S/c1-4-12(15,5-2)8-13-11(14)10-7-16-6-9(10)3/h6-7,15H,4-5,8H2,1-3H3,(H,13,14). The van der Waals surface area contributed by atoms with Crippen LogP contribution in [0.2, 0.25) is 0 Å². The molecule has 4 heteroatoms. The van der Waals surface area contributed by atoms with Gasteiger partial charge in [0.1, 0.15) is 0 Å². The maximum absolute atomic E-state index is 11.8. The minimum atomic E-state index is -0.778. The number of carbonyl (C=O) groups excluding carboxylic acids is 1. The number of carbonyl (C=O) groups is 1. The molecule has 0 saturated carbocycles. The van der Waals surface area contributed by atoms with Gasteiger partial charge in [0.25, 0.3) is 5.91 Å². The van der Waals surface area contributed by atoms with Crippen molar-refractivity contribution in [2.24, 2.45) is 0 Å². The molecule has 0 radical (unpaired) electrons. The second-order valence-electron chi connectivity index (χ2n) is 4.08. The molecular formula is C12H19NO2S. The van der Waals surface area contributed by atoms with Crippen LogP contribution in [-0.2, 0) is 0 Å². The highest BCUT2D eigenvalue weighted by Crippen LogP contribution is 2.15. The Balaban J connectivity index is 2.57. The molecule has 1 heterocycles. The van der Waals surface area contributed by atoms with Crippen molar-refractivity contribution < 1.29 is 9.90 Å². The summed E-state index contributed by atoms with van der Waals surface area (Å²) >= 11 is 1.52. The SMILES string of the molecule is CCC(O)(CC)CNC(=O)c1cscc1C. The summed E-state index contributed by atoms with van der Waals surface area (Å²) in [7, 11) is 0. The van der Waals surface area contributed by atoms with Gasteiger partial charge in [-0.3, -0.25) is 4.79 Å². The summed E-state index contributed by atoms with van der Waals surface area (Å²) < 4.78 is 0. The van der Waals surface area contributed by atoms with Gasteiger partial charge < -0.3 is 10.4 Å². The van der Waals surface area contributed by atoms with Crippen molar-refractivity contribution in [1.82, 2.24) is 5.32 Å². The van der Waals surface area contributed by atoms with Crippen LogP contribution in [0.4, 0.5) is 0 Å². The maximum Gasteiger partial charge on any atom is 0.252 e. The van der Waals surface area contributed by atoms with Crippen molar-refractivity contribution in [1.29, 1.82) is 0 Å². The summed E-state index contributed by atoms with van der Waals surface area (Å²) in [5, 5.41) is 16.6. The molecule has 3 nitrogen and oxygen atoms in total. The van der Waals surface area contributed by atoms with Crippen molar-refractivity contribution >= 4 is 17.2 Å². The van der Waals surface area contributed by atoms with Gasteiger partial charge in [-0.25, -0.2) is 0 Å². The predicted molar refractivity (Wildman–Crippen MR) is 66.9 cm³/mol. The molecule has 0 fully saturated rings. The van der Waals surface area contributed by atoms with Gasteiger partial charge in [-0.15, -0.1) is 0 Å². The molecule has 0 saturated heterocycles. The molecule has 0 aromatic carbocycles. The zero-order valence-electron chi connectivity index (χ0n) is 10.0. The molecule has 16 heavy (non-hydrogen) atoms. The Bertz CT molecular complexity index is 356. The lowest BCUT2D eigenvalue weighted by Crippen LogP contribution is -2.42. The van der Waals surface area contributed by atoms with Crippen LogP contribution in [0.5, 0.6) is 0 Å². The molecule has 1 amide bonds. The summed E-state index contributed by atoms with van der Waals surface area (Å²) in [6.07, 6.45) is 1.29. The second-order valence-corrected chi connectivity index (χ2v) is 4.83. The smallest absolute Gasteiger partial charge is 0.252 e. The molecule has 1 rings (SSSR count). The molecule has 0 aliphatic carbocycles. The van der Waals surface area contributed by atoms with E-state index in [2.05, 4.69) is 5.32 Å². The molecule has 0 aliphatic heterocycles. The summed E-state index contributed by atoms with van der Waals surface area (Å²) in [6, 6.07) is 0. The van der Waals surface area contributed by atoms with Gasteiger partial charge in [-0.2, -0.15) is 11.3 Å². The van der Waals surface area contributed by atoms with Crippen LogP contribution in [0.3, 0.4) is 0 Å². The number of thiophene rings is 1. The number of hydrogen-bond acceptors (Lipinski definition) is 3. The Labute approximate surface area is 100 Å². The molecule has 1 aromatic rings. The van der Waals surface area contributed by atoms with Crippen molar-refractivity contribution in [3.05, 3.63) is 21.9 Å². The first-order valence-electron chi connectivity index (χ1n) is 5.55. The van der Waals surface area contributed by atoms with Crippen LogP contribution in [0.1, 0.15) is 42.6 Å². The highest BCUT2D eigenvalue weighted by Gasteiger charge is 2.23. The van der Waals surface area contributed by atoms with Gasteiger partial charge >= 0.3 is 0 Å². The topological polar surface area (TPSA) is 49.3 Å². The average Bonchev–Trinajstić information content (AvgIpc) is 2.72. The van der Waals surface area contributed by atoms with E-state index in [1.807, 2.05) is 31.5 Å². The highest BCUT2D eigenvalue weighted by molar-refractivity contribution is 7.08. The van der Waals surface area contributed by atoms with Gasteiger partial charge in [0, 0.05) is 11.9 Å². The summed E-state index contributed by atoms with van der Waals surface area (Å²) in [5.41, 5.74) is 0.915. The van der Waals surface area contributed by atoms with Gasteiger partial charge in [0.15, 0.2) is 0 Å². The van der Waals surface area contributed by atoms with E-state index in [1.54, 1.807) is 0 Å². The third-order valence-corrected chi connectivity index (χ3v) is 3.86. The largest absolute Gasteiger partial charge is 0.388 e. The number of aryl methyl sites for hydroxylation is 1. The van der Waals surface area contributed by atoms with Crippen molar-refractivity contribution in [2.75, 3.05) is 6.54 Å². The molecule has 0 unspecified atom stereocenters. The quantitative estimate of drug-likeness (QED) is 0.831. The molecule has 0 spiro atoms. The van der Waals surface area contributed by atoms with Crippen molar-refractivity contribution in [3.8, 4) is 0 Å². The minimum Gasteiger partial charge on any atom is -0.388 e. The van der Waals surface area contributed by atoms with Gasteiger partial charge in [-0.1, -0.05) is 13.8 Å². The Kier molecular flexibility index (Phi) is 4.50. The van der Waals surface area contributed by atoms with Crippen LogP contribution in [0.25, 0.3) is 0 Å². The normalized spacial score (nSPS) is 11.5. The predicted octanol–water partition coefficient (Wildman–Crippen LogP) is 2.34. The van der Waals surface area contributed by atoms with E-state index in [-0.39, 0.29) is 5.91 Å². The number of nitrogens with one attached hydrogen (secondary N) is 1. The number of amides is 1. The molecule has 0 aliphatic rings. The second kappa shape index (κ2) is 5.46. The lowest BCUT2D eigenvalue weighted by atomic mass is 9.97. The van der Waals surface area contributed by atoms with Crippen LogP contribution in [0.15, 0.2) is 10.8 Å². The minimum absolute atomic E-state index is 0.0981. The molecular weight excluding hydrogens is 222 g/mol. The third kappa shape index (κ3) is 3.06. The summed E-state index contributed by atoms with van der Waals surface area (Å²) in [5.74, 6) is -0.0981. The highest BCUT2D eigenvalue weighted by atomic mass is 32.1. The Morgan fingerprint density at radius 3 is 2.50 bits per heavy atom. The van der Waals surface area contributed by atoms with Crippen molar-refractivity contribution in [2.45, 2.75) is 39.2 Å². The fraction of sp³-hybridized carbons (Fsp3) is 0.583.